The molecule has 0 aliphatic rings. The van der Waals surface area contributed by atoms with Gasteiger partial charge in [-0.2, -0.15) is 0 Å². The normalized spacial score (nSPS) is 13.4. The lowest BCUT2D eigenvalue weighted by molar-refractivity contribution is -0.873. The molecule has 1 atom stereocenters. The van der Waals surface area contributed by atoms with Crippen LogP contribution in [0.3, 0.4) is 0 Å². The molecule has 0 saturated carbocycles. The van der Waals surface area contributed by atoms with E-state index < -0.39 is 18.0 Å². The number of nitrogens with zero attached hydrogens (tertiary/aromatic N) is 1. The number of hydrogen-bond donors (Lipinski definition) is 1. The maximum atomic E-state index is 11.8. The van der Waals surface area contributed by atoms with E-state index >= 15 is 0 Å². The number of likely N-dealkylation sites (N-methyl/N-ethyl adjacent to an activating group) is 1. The molecule has 0 rings (SSSR count). The Hall–Kier alpha value is -1.62. The summed E-state index contributed by atoms with van der Waals surface area (Å²) in [6.45, 7) is 2.68. The van der Waals surface area contributed by atoms with Gasteiger partial charge in [-0.1, -0.05) is 63.7 Å². The molecular formula is C21H38NO4+. The van der Waals surface area contributed by atoms with Crippen LogP contribution in [0.15, 0.2) is 24.3 Å². The summed E-state index contributed by atoms with van der Waals surface area (Å²) in [6, 6.07) is 0. The lowest BCUT2D eigenvalue weighted by Crippen LogP contribution is -2.43. The summed E-state index contributed by atoms with van der Waals surface area (Å²) in [7, 11) is 5.81. The Bertz CT molecular complexity index is 449. The Morgan fingerprint density at radius 1 is 1.00 bits per heavy atom. The summed E-state index contributed by atoms with van der Waals surface area (Å²) in [5.41, 5.74) is 0. The fraction of sp³-hybridized carbons (Fsp3) is 0.714. The number of carboxylic acid groups (broad SMARTS) is 1. The predicted octanol–water partition coefficient (Wildman–Crippen LogP) is 4.33. The lowest BCUT2D eigenvalue weighted by atomic mass is 10.1. The number of hydrogen-bond acceptors (Lipinski definition) is 3. The molecule has 1 N–H and O–H groups in total. The van der Waals surface area contributed by atoms with Crippen molar-refractivity contribution >= 4 is 11.9 Å². The van der Waals surface area contributed by atoms with Crippen molar-refractivity contribution in [1.29, 1.82) is 0 Å². The van der Waals surface area contributed by atoms with E-state index in [4.69, 9.17) is 9.84 Å². The van der Waals surface area contributed by atoms with Crippen LogP contribution in [0.2, 0.25) is 0 Å². The van der Waals surface area contributed by atoms with E-state index in [-0.39, 0.29) is 6.42 Å². The molecule has 0 aromatic heterocycles. The first-order valence-electron chi connectivity index (χ1n) is 9.80. The molecule has 0 unspecified atom stereocenters. The molecule has 0 aromatic carbocycles. The van der Waals surface area contributed by atoms with Crippen molar-refractivity contribution in [2.24, 2.45) is 0 Å². The third-order valence-electron chi connectivity index (χ3n) is 3.89. The van der Waals surface area contributed by atoms with E-state index in [0.717, 1.165) is 6.42 Å². The second kappa shape index (κ2) is 14.5. The Morgan fingerprint density at radius 3 is 2.19 bits per heavy atom. The van der Waals surface area contributed by atoms with Crippen LogP contribution in [0.4, 0.5) is 0 Å². The Kier molecular flexibility index (Phi) is 13.6. The number of allylic oxidation sites excluding steroid dienone is 3. The van der Waals surface area contributed by atoms with Crippen molar-refractivity contribution in [3.63, 3.8) is 0 Å². The van der Waals surface area contributed by atoms with E-state index in [1.165, 1.54) is 51.0 Å². The molecule has 26 heavy (non-hydrogen) atoms. The molecule has 0 radical (unpaired) electrons. The first kappa shape index (κ1) is 24.4. The summed E-state index contributed by atoms with van der Waals surface area (Å²) in [5.74, 6) is -1.46. The molecule has 0 heterocycles. The maximum Gasteiger partial charge on any atom is 0.331 e. The van der Waals surface area contributed by atoms with Gasteiger partial charge in [-0.05, 0) is 12.8 Å². The van der Waals surface area contributed by atoms with Crippen LogP contribution in [0.5, 0.6) is 0 Å². The molecule has 0 aromatic rings. The van der Waals surface area contributed by atoms with Crippen LogP contribution in [-0.2, 0) is 14.3 Å². The number of rotatable bonds is 15. The van der Waals surface area contributed by atoms with E-state index in [2.05, 4.69) is 13.0 Å². The van der Waals surface area contributed by atoms with Crippen molar-refractivity contribution in [1.82, 2.24) is 0 Å². The average Bonchev–Trinajstić information content (AvgIpc) is 2.50. The third-order valence-corrected chi connectivity index (χ3v) is 3.89. The number of carbonyl (C=O) groups excluding carboxylic acids is 1. The van der Waals surface area contributed by atoms with Gasteiger partial charge in [0.2, 0.25) is 0 Å². The maximum absolute atomic E-state index is 11.8. The SMILES string of the molecule is CCCCCCCCC/C=C/C=C/C(=O)O[C@H](CC(=O)O)C[N+]([13CH3])([13CH3])[13CH3]. The number of carbonyl (C=O) groups is 2. The molecule has 0 bridgehead atoms. The highest BCUT2D eigenvalue weighted by atomic mass is 16.5. The highest BCUT2D eigenvalue weighted by Crippen LogP contribution is 2.09. The number of ether oxygens (including phenoxy) is 1. The number of esters is 1. The van der Waals surface area contributed by atoms with Gasteiger partial charge in [0.1, 0.15) is 6.54 Å². The fourth-order valence-electron chi connectivity index (χ4n) is 2.68. The highest BCUT2D eigenvalue weighted by molar-refractivity contribution is 5.82. The van der Waals surface area contributed by atoms with Crippen LogP contribution in [-0.4, -0.2) is 55.3 Å². The van der Waals surface area contributed by atoms with Crippen molar-refractivity contribution in [3.8, 4) is 0 Å². The van der Waals surface area contributed by atoms with Crippen LogP contribution in [0.25, 0.3) is 0 Å². The quantitative estimate of drug-likeness (QED) is 0.116. The van der Waals surface area contributed by atoms with Crippen molar-refractivity contribution < 1.29 is 23.9 Å². The molecule has 0 amide bonds. The van der Waals surface area contributed by atoms with Crippen LogP contribution in [0.1, 0.15) is 64.7 Å². The molecule has 0 aliphatic heterocycles. The van der Waals surface area contributed by atoms with Gasteiger partial charge < -0.3 is 14.3 Å². The Morgan fingerprint density at radius 2 is 1.62 bits per heavy atom. The van der Waals surface area contributed by atoms with Gasteiger partial charge in [-0.25, -0.2) is 4.79 Å². The van der Waals surface area contributed by atoms with Gasteiger partial charge >= 0.3 is 11.9 Å². The molecule has 150 valence electrons. The first-order valence-corrected chi connectivity index (χ1v) is 9.80. The predicted molar refractivity (Wildman–Crippen MR) is 106 cm³/mol. The smallest absolute Gasteiger partial charge is 0.331 e. The Balaban J connectivity index is 4.02. The third kappa shape index (κ3) is 17.2. The summed E-state index contributed by atoms with van der Waals surface area (Å²) in [5, 5.41) is 8.94. The summed E-state index contributed by atoms with van der Waals surface area (Å²) in [6.07, 6.45) is 16.1. The Labute approximate surface area is 159 Å². The van der Waals surface area contributed by atoms with Crippen molar-refractivity contribution in [2.45, 2.75) is 70.8 Å². The summed E-state index contributed by atoms with van der Waals surface area (Å²) in [4.78, 5) is 22.7. The summed E-state index contributed by atoms with van der Waals surface area (Å²) < 4.78 is 5.81. The van der Waals surface area contributed by atoms with Gasteiger partial charge in [-0.3, -0.25) is 4.79 Å². The van der Waals surface area contributed by atoms with E-state index in [1.54, 1.807) is 6.08 Å². The van der Waals surface area contributed by atoms with Crippen LogP contribution >= 0.6 is 0 Å². The van der Waals surface area contributed by atoms with Gasteiger partial charge in [0.25, 0.3) is 0 Å². The molecule has 0 spiro atoms. The van der Waals surface area contributed by atoms with E-state index in [9.17, 15) is 9.59 Å². The van der Waals surface area contributed by atoms with Gasteiger partial charge in [0, 0.05) is 6.08 Å². The number of unbranched alkanes of at least 4 members (excludes halogenated alkanes) is 7. The molecule has 0 fully saturated rings. The van der Waals surface area contributed by atoms with E-state index in [1.807, 2.05) is 27.2 Å². The highest BCUT2D eigenvalue weighted by Gasteiger charge is 2.23. The van der Waals surface area contributed by atoms with Gasteiger partial charge in [0.05, 0.1) is 27.6 Å². The molecule has 5 nitrogen and oxygen atoms in total. The number of quaternary nitrogens is 1. The zero-order chi connectivity index (χ0) is 19.8. The molecular weight excluding hydrogens is 333 g/mol. The zero-order valence-corrected chi connectivity index (χ0v) is 17.1. The number of carboxylic acids is 1. The van der Waals surface area contributed by atoms with Crippen LogP contribution < -0.4 is 0 Å². The van der Waals surface area contributed by atoms with Gasteiger partial charge in [0.15, 0.2) is 6.10 Å². The zero-order valence-electron chi connectivity index (χ0n) is 17.1. The minimum atomic E-state index is -0.963. The lowest BCUT2D eigenvalue weighted by Gasteiger charge is -2.28. The monoisotopic (exact) mass is 371 g/mol. The largest absolute Gasteiger partial charge is 0.481 e. The average molecular weight is 372 g/mol. The molecule has 0 saturated heterocycles. The second-order valence-corrected chi connectivity index (χ2v) is 7.83. The second-order valence-electron chi connectivity index (χ2n) is 7.83. The topological polar surface area (TPSA) is 63.6 Å². The molecule has 5 heteroatoms. The minimum absolute atomic E-state index is 0.177. The minimum Gasteiger partial charge on any atom is -0.481 e. The van der Waals surface area contributed by atoms with Crippen molar-refractivity contribution in [3.05, 3.63) is 24.3 Å². The fourth-order valence-corrected chi connectivity index (χ4v) is 2.68. The molecule has 0 aliphatic carbocycles. The van der Waals surface area contributed by atoms with Gasteiger partial charge in [-0.15, -0.1) is 0 Å². The number of aliphatic carboxylic acids is 1. The summed E-state index contributed by atoms with van der Waals surface area (Å²) >= 11 is 0. The van der Waals surface area contributed by atoms with E-state index in [0.29, 0.717) is 11.0 Å². The first-order chi connectivity index (χ1) is 12.2. The standard InChI is InChI=1S/C21H37NO4/c1-5-6-7-8-9-10-11-12-13-14-15-16-21(25)26-19(17-20(23)24)18-22(2,3)4/h13-16,19H,5-12,17-18H2,1-4H3/p+1/b14-13+,16-15+/t19-/m1/s1/i2+1,3+1,4+1. The van der Waals surface area contributed by atoms with Crippen molar-refractivity contribution in [2.75, 3.05) is 27.7 Å². The van der Waals surface area contributed by atoms with Crippen LogP contribution in [0, 0.1) is 0 Å².